The van der Waals surface area contributed by atoms with E-state index in [0.717, 1.165) is 5.69 Å². The normalized spacial score (nSPS) is 9.91. The van der Waals surface area contributed by atoms with Crippen molar-refractivity contribution in [2.75, 3.05) is 18.6 Å². The average Bonchev–Trinajstić information content (AvgIpc) is 2.56. The fourth-order valence-electron chi connectivity index (χ4n) is 2.12. The van der Waals surface area contributed by atoms with E-state index in [1.165, 1.54) is 7.11 Å². The molecule has 0 saturated heterocycles. The molecular weight excluding hydrogens is 296 g/mol. The second-order valence-corrected chi connectivity index (χ2v) is 4.93. The Bertz CT molecular complexity index is 659. The van der Waals surface area contributed by atoms with Crippen LogP contribution in [0.4, 0.5) is 5.69 Å². The number of hydrogen-bond donors (Lipinski definition) is 1. The van der Waals surface area contributed by atoms with Crippen molar-refractivity contribution < 1.29 is 9.53 Å². The fraction of sp³-hybridized carbons (Fsp3) is 0.176. The van der Waals surface area contributed by atoms with E-state index in [1.807, 2.05) is 48.2 Å². The van der Waals surface area contributed by atoms with Crippen LogP contribution in [-0.2, 0) is 0 Å². The molecule has 2 aromatic rings. The van der Waals surface area contributed by atoms with Crippen molar-refractivity contribution in [3.8, 4) is 5.75 Å². The zero-order valence-electron chi connectivity index (χ0n) is 12.6. The van der Waals surface area contributed by atoms with Gasteiger partial charge >= 0.3 is 0 Å². The van der Waals surface area contributed by atoms with Crippen LogP contribution in [0, 0.1) is 0 Å². The molecule has 0 saturated carbocycles. The molecule has 5 heteroatoms. The first-order chi connectivity index (χ1) is 10.7. The number of nitrogens with one attached hydrogen (secondary N) is 1. The molecular formula is C17H18N2O2S. The van der Waals surface area contributed by atoms with Crippen LogP contribution in [-0.4, -0.2) is 24.7 Å². The van der Waals surface area contributed by atoms with E-state index in [4.69, 9.17) is 17.0 Å². The molecule has 1 amide bonds. The smallest absolute Gasteiger partial charge is 0.261 e. The Kier molecular flexibility index (Phi) is 5.49. The van der Waals surface area contributed by atoms with Crippen LogP contribution >= 0.6 is 12.2 Å². The van der Waals surface area contributed by atoms with E-state index in [-0.39, 0.29) is 5.91 Å². The van der Waals surface area contributed by atoms with Gasteiger partial charge in [-0.2, -0.15) is 0 Å². The molecule has 0 aliphatic rings. The molecule has 0 spiro atoms. The summed E-state index contributed by atoms with van der Waals surface area (Å²) in [6.07, 6.45) is 0. The largest absolute Gasteiger partial charge is 0.496 e. The highest BCUT2D eigenvalue weighted by atomic mass is 32.1. The van der Waals surface area contributed by atoms with E-state index in [1.54, 1.807) is 18.2 Å². The Morgan fingerprint density at radius 2 is 1.77 bits per heavy atom. The number of ether oxygens (including phenoxy) is 1. The SMILES string of the molecule is CCN(C(=S)NC(=O)c1ccccc1OC)c1ccccc1. The number of anilines is 1. The molecule has 22 heavy (non-hydrogen) atoms. The monoisotopic (exact) mass is 314 g/mol. The lowest BCUT2D eigenvalue weighted by atomic mass is 10.2. The van der Waals surface area contributed by atoms with Gasteiger partial charge in [-0.05, 0) is 43.4 Å². The van der Waals surface area contributed by atoms with Crippen LogP contribution in [0.3, 0.4) is 0 Å². The molecule has 0 bridgehead atoms. The quantitative estimate of drug-likeness (QED) is 0.880. The fourth-order valence-corrected chi connectivity index (χ4v) is 2.44. The Morgan fingerprint density at radius 1 is 1.14 bits per heavy atom. The van der Waals surface area contributed by atoms with Gasteiger partial charge in [0.15, 0.2) is 5.11 Å². The number of rotatable bonds is 4. The standard InChI is InChI=1S/C17H18N2O2S/c1-3-19(13-9-5-4-6-10-13)17(22)18-16(20)14-11-7-8-12-15(14)21-2/h4-12H,3H2,1-2H3,(H,18,20,22). The van der Waals surface area contributed by atoms with Gasteiger partial charge < -0.3 is 9.64 Å². The van der Waals surface area contributed by atoms with E-state index in [9.17, 15) is 4.79 Å². The summed E-state index contributed by atoms with van der Waals surface area (Å²) in [4.78, 5) is 14.2. The molecule has 0 radical (unpaired) electrons. The minimum absolute atomic E-state index is 0.281. The van der Waals surface area contributed by atoms with Crippen LogP contribution in [0.1, 0.15) is 17.3 Å². The first-order valence-electron chi connectivity index (χ1n) is 6.98. The number of thiocarbonyl (C=S) groups is 1. The van der Waals surface area contributed by atoms with E-state index >= 15 is 0 Å². The first-order valence-corrected chi connectivity index (χ1v) is 7.39. The number of carbonyl (C=O) groups excluding carboxylic acids is 1. The molecule has 0 unspecified atom stereocenters. The Morgan fingerprint density at radius 3 is 2.41 bits per heavy atom. The lowest BCUT2D eigenvalue weighted by Crippen LogP contribution is -2.42. The number of benzene rings is 2. The third kappa shape index (κ3) is 3.62. The Balaban J connectivity index is 2.15. The average molecular weight is 314 g/mol. The summed E-state index contributed by atoms with van der Waals surface area (Å²) in [5.74, 6) is 0.238. The van der Waals surface area contributed by atoms with Gasteiger partial charge in [0.25, 0.3) is 5.91 Å². The maximum atomic E-state index is 12.4. The van der Waals surface area contributed by atoms with Crippen LogP contribution in [0.5, 0.6) is 5.75 Å². The zero-order chi connectivity index (χ0) is 15.9. The molecule has 4 nitrogen and oxygen atoms in total. The summed E-state index contributed by atoms with van der Waals surface area (Å²) in [6.45, 7) is 2.64. The van der Waals surface area contributed by atoms with Crippen molar-refractivity contribution in [3.05, 3.63) is 60.2 Å². The van der Waals surface area contributed by atoms with Crippen molar-refractivity contribution in [2.45, 2.75) is 6.92 Å². The number of para-hydroxylation sites is 2. The number of amides is 1. The van der Waals surface area contributed by atoms with Gasteiger partial charge in [0.2, 0.25) is 0 Å². The Hall–Kier alpha value is -2.40. The zero-order valence-corrected chi connectivity index (χ0v) is 13.4. The highest BCUT2D eigenvalue weighted by Gasteiger charge is 2.16. The molecule has 0 aromatic heterocycles. The lowest BCUT2D eigenvalue weighted by molar-refractivity contribution is 0.0974. The van der Waals surface area contributed by atoms with Gasteiger partial charge in [-0.1, -0.05) is 30.3 Å². The molecule has 114 valence electrons. The second kappa shape index (κ2) is 7.56. The van der Waals surface area contributed by atoms with Crippen molar-refractivity contribution in [1.82, 2.24) is 5.32 Å². The summed E-state index contributed by atoms with van der Waals surface area (Å²) in [5.41, 5.74) is 1.40. The van der Waals surface area contributed by atoms with Crippen molar-refractivity contribution in [2.24, 2.45) is 0 Å². The third-order valence-electron chi connectivity index (χ3n) is 3.20. The summed E-state index contributed by atoms with van der Waals surface area (Å²) >= 11 is 5.37. The first kappa shape index (κ1) is 16.0. The molecule has 0 atom stereocenters. The van der Waals surface area contributed by atoms with Crippen molar-refractivity contribution in [3.63, 3.8) is 0 Å². The Labute approximate surface area is 135 Å². The molecule has 2 rings (SSSR count). The van der Waals surface area contributed by atoms with Crippen molar-refractivity contribution >= 4 is 28.9 Å². The molecule has 0 fully saturated rings. The van der Waals surface area contributed by atoms with Crippen LogP contribution < -0.4 is 15.0 Å². The minimum Gasteiger partial charge on any atom is -0.496 e. The predicted octanol–water partition coefficient (Wildman–Crippen LogP) is 3.24. The van der Waals surface area contributed by atoms with E-state index in [0.29, 0.717) is 23.0 Å². The maximum absolute atomic E-state index is 12.4. The summed E-state index contributed by atoms with van der Waals surface area (Å²) in [5, 5.41) is 3.12. The maximum Gasteiger partial charge on any atom is 0.261 e. The molecule has 2 aromatic carbocycles. The summed E-state index contributed by atoms with van der Waals surface area (Å²) in [7, 11) is 1.53. The number of hydrogen-bond acceptors (Lipinski definition) is 3. The van der Waals surface area contributed by atoms with Gasteiger partial charge in [-0.15, -0.1) is 0 Å². The minimum atomic E-state index is -0.281. The number of carbonyl (C=O) groups is 1. The number of nitrogens with zero attached hydrogens (tertiary/aromatic N) is 1. The second-order valence-electron chi connectivity index (χ2n) is 4.54. The highest BCUT2D eigenvalue weighted by molar-refractivity contribution is 7.80. The molecule has 0 aliphatic heterocycles. The van der Waals surface area contributed by atoms with Crippen molar-refractivity contribution in [1.29, 1.82) is 0 Å². The third-order valence-corrected chi connectivity index (χ3v) is 3.52. The van der Waals surface area contributed by atoms with E-state index < -0.39 is 0 Å². The molecule has 0 heterocycles. The molecule has 1 N–H and O–H groups in total. The van der Waals surface area contributed by atoms with Crippen LogP contribution in [0.2, 0.25) is 0 Å². The van der Waals surface area contributed by atoms with Gasteiger partial charge in [0.1, 0.15) is 5.75 Å². The summed E-state index contributed by atoms with van der Waals surface area (Å²) in [6, 6.07) is 16.8. The topological polar surface area (TPSA) is 41.6 Å². The van der Waals surface area contributed by atoms with Gasteiger partial charge in [-0.3, -0.25) is 10.1 Å². The summed E-state index contributed by atoms with van der Waals surface area (Å²) < 4.78 is 5.20. The number of methoxy groups -OCH3 is 1. The van der Waals surface area contributed by atoms with Crippen LogP contribution in [0.15, 0.2) is 54.6 Å². The van der Waals surface area contributed by atoms with Gasteiger partial charge in [0, 0.05) is 12.2 Å². The van der Waals surface area contributed by atoms with Gasteiger partial charge in [-0.25, -0.2) is 0 Å². The molecule has 0 aliphatic carbocycles. The lowest BCUT2D eigenvalue weighted by Gasteiger charge is -2.24. The van der Waals surface area contributed by atoms with E-state index in [2.05, 4.69) is 5.32 Å². The van der Waals surface area contributed by atoms with Crippen LogP contribution in [0.25, 0.3) is 0 Å². The predicted molar refractivity (Wildman–Crippen MR) is 92.5 cm³/mol. The van der Waals surface area contributed by atoms with Gasteiger partial charge in [0.05, 0.1) is 12.7 Å². The highest BCUT2D eigenvalue weighted by Crippen LogP contribution is 2.18.